The van der Waals surface area contributed by atoms with Crippen molar-refractivity contribution < 1.29 is 38.3 Å². The summed E-state index contributed by atoms with van der Waals surface area (Å²) in [5, 5.41) is 0. The molecule has 1 unspecified atom stereocenters. The first kappa shape index (κ1) is 50.8. The van der Waals surface area contributed by atoms with E-state index in [1.54, 1.807) is 6.08 Å². The largest absolute Gasteiger partial charge is 0.454 e. The van der Waals surface area contributed by atoms with Crippen LogP contribution < -0.4 is 0 Å². The predicted molar refractivity (Wildman–Crippen MR) is 246 cm³/mol. The van der Waals surface area contributed by atoms with Crippen LogP contribution in [-0.4, -0.2) is 82.5 Å². The number of carbonyl (C=O) groups excluding carboxylic acids is 7. The number of fused-ring (bicyclic) bond motifs is 6. The van der Waals surface area contributed by atoms with Gasteiger partial charge in [0.25, 0.3) is 0 Å². The molecular formula is C53H84N2O8. The van der Waals surface area contributed by atoms with Crippen LogP contribution in [0.3, 0.4) is 0 Å². The molecule has 2 aliphatic carbocycles. The Bertz CT molecular complexity index is 1640. The number of ketones is 3. The second kappa shape index (κ2) is 22.8. The molecule has 10 nitrogen and oxygen atoms in total. The zero-order valence-corrected chi connectivity index (χ0v) is 40.3. The normalized spacial score (nSPS) is 34.8. The van der Waals surface area contributed by atoms with Crippen LogP contribution in [0.2, 0.25) is 0 Å². The van der Waals surface area contributed by atoms with E-state index in [1.165, 1.54) is 39.0 Å². The van der Waals surface area contributed by atoms with Gasteiger partial charge < -0.3 is 19.3 Å². The van der Waals surface area contributed by atoms with Crippen LogP contribution in [0.4, 0.5) is 0 Å². The smallest absolute Gasteiger partial charge is 0.303 e. The summed E-state index contributed by atoms with van der Waals surface area (Å²) < 4.78 is 5.57. The Hall–Kier alpha value is -3.17. The molecule has 0 bridgehead atoms. The number of rotatable bonds is 7. The van der Waals surface area contributed by atoms with E-state index in [9.17, 15) is 33.6 Å². The number of ether oxygens (including phenoxy) is 1. The standard InChI is InChI=1S/C30H47NO5.C23H37NO3/c1-6-7-17-24(33)28(36-21(3)32)22-16-14-12-10-8-9-11-13-15-20(2)29(35)31-19-23-26(30(23,4)5)27(31)25(34)18-22;1-16-11-9-7-5-4-6-8-10-12-17(15-25)13-19(26)21-20-18(23(20,2)3)14-24(21)22(16)27/h6,20,22-23,26-28H,1,7-19H2,2-5H3;15-18,20-21H,4-14H2,1-3H3/t20-,22+,23-,26-,27+,28?;16-,17+,18-,20-,21+/m00/s1. The van der Waals surface area contributed by atoms with E-state index in [0.29, 0.717) is 37.6 Å². The zero-order valence-electron chi connectivity index (χ0n) is 40.3. The molecule has 0 radical (unpaired) electrons. The highest BCUT2D eigenvalue weighted by Gasteiger charge is 2.70. The summed E-state index contributed by atoms with van der Waals surface area (Å²) in [5.41, 5.74) is 0.198. The van der Waals surface area contributed by atoms with Gasteiger partial charge in [0.2, 0.25) is 11.8 Å². The summed E-state index contributed by atoms with van der Waals surface area (Å²) in [6.45, 7) is 19.2. The average molecular weight is 877 g/mol. The minimum atomic E-state index is -0.919. The van der Waals surface area contributed by atoms with Crippen LogP contribution in [0.15, 0.2) is 12.7 Å². The quantitative estimate of drug-likeness (QED) is 0.140. The van der Waals surface area contributed by atoms with Gasteiger partial charge in [-0.3, -0.25) is 28.8 Å². The molecule has 6 fully saturated rings. The van der Waals surface area contributed by atoms with Crippen molar-refractivity contribution in [2.45, 2.75) is 208 Å². The van der Waals surface area contributed by atoms with Crippen molar-refractivity contribution in [3.8, 4) is 0 Å². The fourth-order valence-electron chi connectivity index (χ4n) is 12.4. The third-order valence-electron chi connectivity index (χ3n) is 16.7. The minimum absolute atomic E-state index is 0.00399. The maximum absolute atomic E-state index is 13.9. The zero-order chi connectivity index (χ0) is 46.1. The van der Waals surface area contributed by atoms with Gasteiger partial charge in [-0.25, -0.2) is 0 Å². The Balaban J connectivity index is 0.000000247. The van der Waals surface area contributed by atoms with E-state index in [4.69, 9.17) is 4.74 Å². The number of carbonyl (C=O) groups is 7. The van der Waals surface area contributed by atoms with E-state index < -0.39 is 18.1 Å². The Morgan fingerprint density at radius 3 is 1.51 bits per heavy atom. The van der Waals surface area contributed by atoms with Crippen molar-refractivity contribution in [2.24, 2.45) is 58.2 Å². The Morgan fingerprint density at radius 1 is 0.667 bits per heavy atom. The van der Waals surface area contributed by atoms with Crippen molar-refractivity contribution in [1.82, 2.24) is 9.80 Å². The number of esters is 1. The Morgan fingerprint density at radius 2 is 1.08 bits per heavy atom. The summed E-state index contributed by atoms with van der Waals surface area (Å²) in [4.78, 5) is 94.0. The molecule has 4 heterocycles. The van der Waals surface area contributed by atoms with E-state index in [2.05, 4.69) is 34.3 Å². The highest BCUT2D eigenvalue weighted by molar-refractivity contribution is 5.94. The Kier molecular flexibility index (Phi) is 18.4. The molecule has 0 aromatic rings. The van der Waals surface area contributed by atoms with Gasteiger partial charge in [0, 0.05) is 62.9 Å². The first-order valence-electron chi connectivity index (χ1n) is 25.4. The van der Waals surface area contributed by atoms with Crippen molar-refractivity contribution in [3.05, 3.63) is 12.7 Å². The first-order chi connectivity index (χ1) is 30.0. The van der Waals surface area contributed by atoms with Crippen LogP contribution >= 0.6 is 0 Å². The summed E-state index contributed by atoms with van der Waals surface area (Å²) in [6, 6.07) is -0.730. The highest BCUT2D eigenvalue weighted by atomic mass is 16.5. The maximum Gasteiger partial charge on any atom is 0.303 e. The van der Waals surface area contributed by atoms with Crippen LogP contribution in [0.25, 0.3) is 0 Å². The number of hydrogen-bond donors (Lipinski definition) is 0. The Labute approximate surface area is 380 Å². The summed E-state index contributed by atoms with van der Waals surface area (Å²) in [7, 11) is 0. The van der Waals surface area contributed by atoms with Gasteiger partial charge in [0.15, 0.2) is 23.5 Å². The molecule has 4 saturated heterocycles. The van der Waals surface area contributed by atoms with Crippen molar-refractivity contribution in [1.29, 1.82) is 0 Å². The topological polar surface area (TPSA) is 135 Å². The lowest BCUT2D eigenvalue weighted by atomic mass is 9.84. The second-order valence-corrected chi connectivity index (χ2v) is 22.0. The fraction of sp³-hybridized carbons (Fsp3) is 0.830. The first-order valence-corrected chi connectivity index (χ1v) is 25.4. The van der Waals surface area contributed by atoms with Crippen LogP contribution in [0.5, 0.6) is 0 Å². The van der Waals surface area contributed by atoms with Gasteiger partial charge in [-0.05, 0) is 66.6 Å². The number of Topliss-reactive ketones (excluding diaryl/α,β-unsaturated/α-hetero) is 3. The maximum atomic E-state index is 13.9. The number of nitrogens with zero attached hydrogens (tertiary/aromatic N) is 2. The average Bonchev–Trinajstić information content (AvgIpc) is 3.69. The predicted octanol–water partition coefficient (Wildman–Crippen LogP) is 10.1. The van der Waals surface area contributed by atoms with Crippen LogP contribution in [-0.2, 0) is 38.3 Å². The molecular weight excluding hydrogens is 793 g/mol. The van der Waals surface area contributed by atoms with E-state index in [0.717, 1.165) is 89.9 Å². The van der Waals surface area contributed by atoms with E-state index >= 15 is 0 Å². The fourth-order valence-corrected chi connectivity index (χ4v) is 12.4. The van der Waals surface area contributed by atoms with Crippen molar-refractivity contribution >= 4 is 41.4 Å². The monoisotopic (exact) mass is 877 g/mol. The summed E-state index contributed by atoms with van der Waals surface area (Å²) in [6.07, 6.45) is 22.0. The van der Waals surface area contributed by atoms with Crippen molar-refractivity contribution in [3.63, 3.8) is 0 Å². The molecule has 2 saturated carbocycles. The third kappa shape index (κ3) is 12.6. The van der Waals surface area contributed by atoms with E-state index in [-0.39, 0.29) is 94.4 Å². The molecule has 2 amide bonds. The number of aldehydes is 1. The number of piperidine rings is 2. The molecule has 6 aliphatic rings. The molecule has 0 N–H and O–H groups in total. The number of amides is 2. The molecule has 354 valence electrons. The molecule has 0 aromatic heterocycles. The lowest BCUT2D eigenvalue weighted by molar-refractivity contribution is -0.157. The molecule has 0 spiro atoms. The van der Waals surface area contributed by atoms with E-state index in [1.807, 2.05) is 23.6 Å². The highest BCUT2D eigenvalue weighted by Crippen LogP contribution is 2.66. The molecule has 0 aromatic carbocycles. The van der Waals surface area contributed by atoms with Crippen molar-refractivity contribution in [2.75, 3.05) is 13.1 Å². The second-order valence-electron chi connectivity index (χ2n) is 22.0. The minimum Gasteiger partial charge on any atom is -0.454 e. The SMILES string of the molecule is C=CCCC(=O)C(OC(C)=O)[C@@H]1CCCCCCCCC[C@H](C)C(=O)N2C[C@H]3[C@@H]([C@H]2C(=O)C1)C3(C)C.C[C@H]1CCCCCCCCC[C@@H](C=O)CC(=O)[C@@H]2[C@@H]3[C@H](CN2C1=O)C3(C)C. The van der Waals surface area contributed by atoms with Gasteiger partial charge in [-0.2, -0.15) is 0 Å². The van der Waals surface area contributed by atoms with Gasteiger partial charge in [0.05, 0.1) is 12.1 Å². The third-order valence-corrected chi connectivity index (χ3v) is 16.7. The summed E-state index contributed by atoms with van der Waals surface area (Å²) in [5.74, 6) is 0.382. The molecule has 63 heavy (non-hydrogen) atoms. The number of allylic oxidation sites excluding steroid dienone is 1. The molecule has 10 heteroatoms. The lowest BCUT2D eigenvalue weighted by Gasteiger charge is -2.34. The lowest BCUT2D eigenvalue weighted by Crippen LogP contribution is -2.48. The molecule has 11 atom stereocenters. The van der Waals surface area contributed by atoms with Gasteiger partial charge >= 0.3 is 5.97 Å². The van der Waals surface area contributed by atoms with Crippen LogP contribution in [0, 0.1) is 58.2 Å². The van der Waals surface area contributed by atoms with Gasteiger partial charge in [0.1, 0.15) is 6.29 Å². The van der Waals surface area contributed by atoms with Gasteiger partial charge in [-0.1, -0.05) is 138 Å². The molecule has 4 aliphatic heterocycles. The van der Waals surface area contributed by atoms with Crippen LogP contribution in [0.1, 0.15) is 190 Å². The summed E-state index contributed by atoms with van der Waals surface area (Å²) >= 11 is 0. The van der Waals surface area contributed by atoms with Gasteiger partial charge in [-0.15, -0.1) is 6.58 Å². The molecule has 6 rings (SSSR count). The number of hydrogen-bond acceptors (Lipinski definition) is 8.